The molecule has 2 aromatic carbocycles. The van der Waals surface area contributed by atoms with Crippen LogP contribution in [0.5, 0.6) is 0 Å². The SMILES string of the molecule is N#Cc1ccc([C@H](c2ccc(F)cc2)[C@@H](O)CN)cc1. The van der Waals surface area contributed by atoms with Crippen molar-refractivity contribution in [3.8, 4) is 6.07 Å². The van der Waals surface area contributed by atoms with E-state index in [1.165, 1.54) is 12.1 Å². The predicted molar refractivity (Wildman–Crippen MR) is 74.5 cm³/mol. The fourth-order valence-electron chi connectivity index (χ4n) is 2.21. The third-order valence-electron chi connectivity index (χ3n) is 3.25. The van der Waals surface area contributed by atoms with Gasteiger partial charge in [0.1, 0.15) is 5.82 Å². The Morgan fingerprint density at radius 3 is 2.00 bits per heavy atom. The maximum atomic E-state index is 13.0. The van der Waals surface area contributed by atoms with Gasteiger partial charge in [0.05, 0.1) is 17.7 Å². The van der Waals surface area contributed by atoms with E-state index in [0.717, 1.165) is 11.1 Å². The minimum absolute atomic E-state index is 0.0993. The zero-order valence-corrected chi connectivity index (χ0v) is 10.8. The van der Waals surface area contributed by atoms with Gasteiger partial charge < -0.3 is 10.8 Å². The van der Waals surface area contributed by atoms with Crippen LogP contribution in [-0.2, 0) is 0 Å². The molecule has 0 unspecified atom stereocenters. The van der Waals surface area contributed by atoms with Gasteiger partial charge in [-0.2, -0.15) is 5.26 Å². The van der Waals surface area contributed by atoms with Crippen molar-refractivity contribution in [2.75, 3.05) is 6.54 Å². The molecule has 2 rings (SSSR count). The zero-order valence-electron chi connectivity index (χ0n) is 10.8. The Hall–Kier alpha value is -2.22. The van der Waals surface area contributed by atoms with Crippen molar-refractivity contribution < 1.29 is 9.50 Å². The Kier molecular flexibility index (Phi) is 4.46. The second-order valence-electron chi connectivity index (χ2n) is 4.57. The Labute approximate surface area is 117 Å². The summed E-state index contributed by atoms with van der Waals surface area (Å²) in [6, 6.07) is 15.0. The van der Waals surface area contributed by atoms with Crippen molar-refractivity contribution in [1.82, 2.24) is 0 Å². The van der Waals surface area contributed by atoms with Crippen LogP contribution >= 0.6 is 0 Å². The number of halogens is 1. The van der Waals surface area contributed by atoms with Crippen LogP contribution in [0.3, 0.4) is 0 Å². The summed E-state index contributed by atoms with van der Waals surface area (Å²) < 4.78 is 13.0. The summed E-state index contributed by atoms with van der Waals surface area (Å²) in [6.07, 6.45) is -0.770. The summed E-state index contributed by atoms with van der Waals surface area (Å²) in [7, 11) is 0. The number of nitriles is 1. The Morgan fingerprint density at radius 2 is 1.55 bits per heavy atom. The predicted octanol–water partition coefficient (Wildman–Crippen LogP) is 2.15. The summed E-state index contributed by atoms with van der Waals surface area (Å²) in [5.74, 6) is -0.664. The lowest BCUT2D eigenvalue weighted by molar-refractivity contribution is 0.164. The molecule has 0 spiro atoms. The van der Waals surface area contributed by atoms with Crippen molar-refractivity contribution in [2.24, 2.45) is 5.73 Å². The van der Waals surface area contributed by atoms with Crippen LogP contribution in [0, 0.1) is 17.1 Å². The van der Waals surface area contributed by atoms with Crippen molar-refractivity contribution in [3.63, 3.8) is 0 Å². The maximum absolute atomic E-state index is 13.0. The van der Waals surface area contributed by atoms with Crippen LogP contribution in [0.2, 0.25) is 0 Å². The monoisotopic (exact) mass is 270 g/mol. The maximum Gasteiger partial charge on any atom is 0.123 e. The van der Waals surface area contributed by atoms with E-state index >= 15 is 0 Å². The van der Waals surface area contributed by atoms with E-state index in [0.29, 0.717) is 5.56 Å². The van der Waals surface area contributed by atoms with E-state index in [1.807, 2.05) is 6.07 Å². The molecule has 0 fully saturated rings. The molecule has 0 aromatic heterocycles. The molecule has 20 heavy (non-hydrogen) atoms. The van der Waals surface area contributed by atoms with Gasteiger partial charge in [0, 0.05) is 12.5 Å². The second-order valence-corrected chi connectivity index (χ2v) is 4.57. The van der Waals surface area contributed by atoms with Crippen molar-refractivity contribution >= 4 is 0 Å². The minimum Gasteiger partial charge on any atom is -0.391 e. The molecule has 0 amide bonds. The number of aliphatic hydroxyl groups is 1. The average molecular weight is 270 g/mol. The van der Waals surface area contributed by atoms with Crippen LogP contribution in [0.25, 0.3) is 0 Å². The van der Waals surface area contributed by atoms with E-state index in [2.05, 4.69) is 0 Å². The molecular formula is C16H15FN2O. The van der Waals surface area contributed by atoms with Gasteiger partial charge in [-0.05, 0) is 35.4 Å². The molecule has 0 aliphatic rings. The van der Waals surface area contributed by atoms with Gasteiger partial charge in [-0.1, -0.05) is 24.3 Å². The molecule has 0 saturated heterocycles. The largest absolute Gasteiger partial charge is 0.391 e. The highest BCUT2D eigenvalue weighted by atomic mass is 19.1. The Bertz CT molecular complexity index is 602. The summed E-state index contributed by atoms with van der Waals surface area (Å²) in [4.78, 5) is 0. The number of aliphatic hydroxyl groups excluding tert-OH is 1. The third kappa shape index (κ3) is 3.02. The quantitative estimate of drug-likeness (QED) is 0.894. The molecule has 0 heterocycles. The molecule has 2 atom stereocenters. The first-order valence-electron chi connectivity index (χ1n) is 6.29. The molecule has 3 N–H and O–H groups in total. The molecule has 0 aliphatic heterocycles. The Balaban J connectivity index is 2.41. The lowest BCUT2D eigenvalue weighted by Crippen LogP contribution is -2.28. The molecule has 4 heteroatoms. The smallest absolute Gasteiger partial charge is 0.123 e. The average Bonchev–Trinajstić information content (AvgIpc) is 2.50. The topological polar surface area (TPSA) is 70.0 Å². The van der Waals surface area contributed by atoms with Gasteiger partial charge in [0.15, 0.2) is 0 Å². The van der Waals surface area contributed by atoms with E-state index in [1.54, 1.807) is 36.4 Å². The highest BCUT2D eigenvalue weighted by Crippen LogP contribution is 2.28. The third-order valence-corrected chi connectivity index (χ3v) is 3.25. The van der Waals surface area contributed by atoms with E-state index in [4.69, 9.17) is 11.0 Å². The van der Waals surface area contributed by atoms with Crippen LogP contribution in [0.15, 0.2) is 48.5 Å². The molecule has 2 aromatic rings. The lowest BCUT2D eigenvalue weighted by atomic mass is 9.86. The molecule has 3 nitrogen and oxygen atoms in total. The summed E-state index contributed by atoms with van der Waals surface area (Å²) in [5.41, 5.74) is 7.73. The van der Waals surface area contributed by atoms with Gasteiger partial charge in [0.2, 0.25) is 0 Å². The second kappa shape index (κ2) is 6.29. The first-order valence-corrected chi connectivity index (χ1v) is 6.29. The molecule has 0 radical (unpaired) electrons. The Morgan fingerprint density at radius 1 is 1.05 bits per heavy atom. The summed E-state index contributed by atoms with van der Waals surface area (Å²) in [5, 5.41) is 18.9. The van der Waals surface area contributed by atoms with Gasteiger partial charge in [-0.25, -0.2) is 4.39 Å². The normalized spacial score (nSPS) is 13.5. The van der Waals surface area contributed by atoms with E-state index in [-0.39, 0.29) is 18.3 Å². The number of hydrogen-bond donors (Lipinski definition) is 2. The zero-order chi connectivity index (χ0) is 14.5. The van der Waals surface area contributed by atoms with E-state index in [9.17, 15) is 9.50 Å². The van der Waals surface area contributed by atoms with Crippen LogP contribution in [0.4, 0.5) is 4.39 Å². The first kappa shape index (κ1) is 14.2. The van der Waals surface area contributed by atoms with Crippen molar-refractivity contribution in [2.45, 2.75) is 12.0 Å². The van der Waals surface area contributed by atoms with Crippen LogP contribution < -0.4 is 5.73 Å². The number of rotatable bonds is 4. The number of benzene rings is 2. The molecule has 0 saturated carbocycles. The lowest BCUT2D eigenvalue weighted by Gasteiger charge is -2.23. The van der Waals surface area contributed by atoms with Crippen molar-refractivity contribution in [3.05, 3.63) is 71.0 Å². The molecule has 102 valence electrons. The van der Waals surface area contributed by atoms with Gasteiger partial charge in [-0.3, -0.25) is 0 Å². The van der Waals surface area contributed by atoms with Crippen LogP contribution in [0.1, 0.15) is 22.6 Å². The fraction of sp³-hybridized carbons (Fsp3) is 0.188. The first-order chi connectivity index (χ1) is 9.65. The highest BCUT2D eigenvalue weighted by Gasteiger charge is 2.22. The fourth-order valence-corrected chi connectivity index (χ4v) is 2.21. The van der Waals surface area contributed by atoms with Gasteiger partial charge >= 0.3 is 0 Å². The summed E-state index contributed by atoms with van der Waals surface area (Å²) in [6.45, 7) is 0.0993. The molecule has 0 aliphatic carbocycles. The van der Waals surface area contributed by atoms with Crippen molar-refractivity contribution in [1.29, 1.82) is 5.26 Å². The molecule has 0 bridgehead atoms. The number of hydrogen-bond acceptors (Lipinski definition) is 3. The standard InChI is InChI=1S/C16H15FN2O/c17-14-7-5-13(6-8-14)16(15(20)10-19)12-3-1-11(9-18)2-4-12/h1-8,15-16,20H,10,19H2/t15-,16+/m0/s1. The highest BCUT2D eigenvalue weighted by molar-refractivity contribution is 5.38. The van der Waals surface area contributed by atoms with Gasteiger partial charge in [0.25, 0.3) is 0 Å². The number of nitrogens with zero attached hydrogens (tertiary/aromatic N) is 1. The number of nitrogens with two attached hydrogens (primary N) is 1. The molecular weight excluding hydrogens is 255 g/mol. The minimum atomic E-state index is -0.770. The van der Waals surface area contributed by atoms with Gasteiger partial charge in [-0.15, -0.1) is 0 Å². The van der Waals surface area contributed by atoms with Crippen LogP contribution in [-0.4, -0.2) is 17.8 Å². The summed E-state index contributed by atoms with van der Waals surface area (Å²) >= 11 is 0. The van der Waals surface area contributed by atoms with E-state index < -0.39 is 6.10 Å².